The molecule has 0 spiro atoms. The van der Waals surface area contributed by atoms with E-state index in [1.807, 2.05) is 0 Å². The molecule has 0 saturated heterocycles. The smallest absolute Gasteiger partial charge is 0.0770 e. The van der Waals surface area contributed by atoms with E-state index in [0.29, 0.717) is 6.42 Å². The third-order valence-electron chi connectivity index (χ3n) is 3.87. The molecule has 0 aliphatic heterocycles. The van der Waals surface area contributed by atoms with Crippen LogP contribution in [0.4, 0.5) is 0 Å². The standard InChI is InChI=1S/C18H31NO3/c1-22-15-14-19(12-6-5-11-18(21)16-20)13-7-10-17-8-3-2-4-9-17/h2-4,8-9,18,20-21H,5-7,10-16H2,1H3/t18-/m1/s1. The highest BCUT2D eigenvalue weighted by Crippen LogP contribution is 2.06. The number of rotatable bonds is 13. The van der Waals surface area contributed by atoms with Crippen molar-refractivity contribution in [2.75, 3.05) is 40.0 Å². The molecule has 0 heterocycles. The van der Waals surface area contributed by atoms with Crippen LogP contribution in [0.15, 0.2) is 30.3 Å². The van der Waals surface area contributed by atoms with Crippen molar-refractivity contribution in [2.45, 2.75) is 38.2 Å². The van der Waals surface area contributed by atoms with Gasteiger partial charge in [-0.1, -0.05) is 30.3 Å². The zero-order valence-electron chi connectivity index (χ0n) is 13.8. The van der Waals surface area contributed by atoms with Crippen LogP contribution in [0.2, 0.25) is 0 Å². The van der Waals surface area contributed by atoms with Crippen molar-refractivity contribution in [2.24, 2.45) is 0 Å². The SMILES string of the molecule is COCCN(CCCC[C@@H](O)CO)CCCc1ccccc1. The Morgan fingerprint density at radius 3 is 2.45 bits per heavy atom. The Labute approximate surface area is 134 Å². The number of aliphatic hydroxyl groups is 2. The summed E-state index contributed by atoms with van der Waals surface area (Å²) in [7, 11) is 1.74. The summed E-state index contributed by atoms with van der Waals surface area (Å²) in [6.07, 6.45) is 4.36. The summed E-state index contributed by atoms with van der Waals surface area (Å²) < 4.78 is 5.18. The number of hydrogen-bond acceptors (Lipinski definition) is 4. The summed E-state index contributed by atoms with van der Waals surface area (Å²) in [4.78, 5) is 2.43. The predicted molar refractivity (Wildman–Crippen MR) is 90.0 cm³/mol. The molecular formula is C18H31NO3. The van der Waals surface area contributed by atoms with Crippen molar-refractivity contribution < 1.29 is 14.9 Å². The maximum atomic E-state index is 9.35. The van der Waals surface area contributed by atoms with Gasteiger partial charge >= 0.3 is 0 Å². The van der Waals surface area contributed by atoms with E-state index in [1.54, 1.807) is 7.11 Å². The number of methoxy groups -OCH3 is 1. The number of aryl methyl sites for hydroxylation is 1. The molecule has 22 heavy (non-hydrogen) atoms. The van der Waals surface area contributed by atoms with Gasteiger partial charge in [0.05, 0.1) is 19.3 Å². The third kappa shape index (κ3) is 9.15. The van der Waals surface area contributed by atoms with E-state index in [-0.39, 0.29) is 6.61 Å². The average Bonchev–Trinajstić information content (AvgIpc) is 2.56. The first-order valence-electron chi connectivity index (χ1n) is 8.30. The van der Waals surface area contributed by atoms with Gasteiger partial charge in [0.25, 0.3) is 0 Å². The first-order chi connectivity index (χ1) is 10.8. The molecule has 4 heteroatoms. The first-order valence-corrected chi connectivity index (χ1v) is 8.30. The molecule has 0 amide bonds. The Bertz CT molecular complexity index is 359. The van der Waals surface area contributed by atoms with Gasteiger partial charge in [-0.2, -0.15) is 0 Å². The second-order valence-electron chi connectivity index (χ2n) is 5.76. The lowest BCUT2D eigenvalue weighted by atomic mass is 10.1. The molecule has 1 aromatic carbocycles. The van der Waals surface area contributed by atoms with Crippen LogP contribution in [-0.4, -0.2) is 61.2 Å². The Kier molecular flexibility index (Phi) is 10.9. The highest BCUT2D eigenvalue weighted by Gasteiger charge is 2.06. The van der Waals surface area contributed by atoms with Gasteiger partial charge in [-0.05, 0) is 50.8 Å². The van der Waals surface area contributed by atoms with Gasteiger partial charge in [0, 0.05) is 13.7 Å². The summed E-state index contributed by atoms with van der Waals surface area (Å²) in [5, 5.41) is 18.2. The summed E-state index contributed by atoms with van der Waals surface area (Å²) in [6, 6.07) is 10.6. The van der Waals surface area contributed by atoms with Crippen LogP contribution < -0.4 is 0 Å². The van der Waals surface area contributed by atoms with E-state index >= 15 is 0 Å². The van der Waals surface area contributed by atoms with Crippen LogP contribution in [0.3, 0.4) is 0 Å². The van der Waals surface area contributed by atoms with E-state index in [1.165, 1.54) is 5.56 Å². The molecule has 0 aliphatic rings. The molecule has 1 aromatic rings. The molecule has 1 rings (SSSR count). The van der Waals surface area contributed by atoms with Crippen molar-refractivity contribution in [3.63, 3.8) is 0 Å². The molecule has 126 valence electrons. The lowest BCUT2D eigenvalue weighted by Gasteiger charge is -2.22. The van der Waals surface area contributed by atoms with Crippen molar-refractivity contribution in [3.05, 3.63) is 35.9 Å². The fourth-order valence-corrected chi connectivity index (χ4v) is 2.51. The number of aliphatic hydroxyl groups excluding tert-OH is 2. The quantitative estimate of drug-likeness (QED) is 0.548. The lowest BCUT2D eigenvalue weighted by molar-refractivity contribution is 0.0846. The maximum absolute atomic E-state index is 9.35. The van der Waals surface area contributed by atoms with Gasteiger partial charge < -0.3 is 19.8 Å². The molecule has 0 aromatic heterocycles. The van der Waals surface area contributed by atoms with Gasteiger partial charge in [-0.15, -0.1) is 0 Å². The number of hydrogen-bond donors (Lipinski definition) is 2. The van der Waals surface area contributed by atoms with Crippen LogP contribution in [0.5, 0.6) is 0 Å². The van der Waals surface area contributed by atoms with E-state index in [2.05, 4.69) is 35.2 Å². The zero-order chi connectivity index (χ0) is 16.0. The first kappa shape index (κ1) is 19.1. The topological polar surface area (TPSA) is 52.9 Å². The molecule has 0 bridgehead atoms. The van der Waals surface area contributed by atoms with E-state index in [9.17, 15) is 5.11 Å². The second kappa shape index (κ2) is 12.6. The molecule has 1 atom stereocenters. The molecule has 0 aliphatic carbocycles. The number of ether oxygens (including phenoxy) is 1. The number of benzene rings is 1. The number of unbranched alkanes of at least 4 members (excludes halogenated alkanes) is 1. The minimum atomic E-state index is -0.564. The molecule has 0 saturated carbocycles. The van der Waals surface area contributed by atoms with Crippen molar-refractivity contribution in [1.29, 1.82) is 0 Å². The van der Waals surface area contributed by atoms with Crippen molar-refractivity contribution in [3.8, 4) is 0 Å². The minimum Gasteiger partial charge on any atom is -0.394 e. The highest BCUT2D eigenvalue weighted by molar-refractivity contribution is 5.14. The largest absolute Gasteiger partial charge is 0.394 e. The average molecular weight is 309 g/mol. The van der Waals surface area contributed by atoms with E-state index < -0.39 is 6.10 Å². The highest BCUT2D eigenvalue weighted by atomic mass is 16.5. The normalized spacial score (nSPS) is 12.7. The Hall–Kier alpha value is -0.940. The molecular weight excluding hydrogens is 278 g/mol. The minimum absolute atomic E-state index is 0.134. The third-order valence-corrected chi connectivity index (χ3v) is 3.87. The van der Waals surface area contributed by atoms with Gasteiger partial charge in [-0.3, -0.25) is 0 Å². The second-order valence-corrected chi connectivity index (χ2v) is 5.76. The van der Waals surface area contributed by atoms with Crippen LogP contribution in [-0.2, 0) is 11.2 Å². The molecule has 0 unspecified atom stereocenters. The number of nitrogens with zero attached hydrogens (tertiary/aromatic N) is 1. The van der Waals surface area contributed by atoms with Gasteiger partial charge in [-0.25, -0.2) is 0 Å². The van der Waals surface area contributed by atoms with Crippen molar-refractivity contribution in [1.82, 2.24) is 4.90 Å². The molecule has 2 N–H and O–H groups in total. The summed E-state index contributed by atoms with van der Waals surface area (Å²) in [6.45, 7) is 3.67. The van der Waals surface area contributed by atoms with Crippen LogP contribution in [0.1, 0.15) is 31.2 Å². The maximum Gasteiger partial charge on any atom is 0.0770 e. The fourth-order valence-electron chi connectivity index (χ4n) is 2.51. The van der Waals surface area contributed by atoms with Gasteiger partial charge in [0.1, 0.15) is 0 Å². The van der Waals surface area contributed by atoms with E-state index in [0.717, 1.165) is 51.9 Å². The van der Waals surface area contributed by atoms with Crippen LogP contribution >= 0.6 is 0 Å². The van der Waals surface area contributed by atoms with Gasteiger partial charge in [0.2, 0.25) is 0 Å². The predicted octanol–water partition coefficient (Wildman–Crippen LogP) is 2.09. The lowest BCUT2D eigenvalue weighted by Crippen LogP contribution is -2.30. The van der Waals surface area contributed by atoms with Crippen LogP contribution in [0.25, 0.3) is 0 Å². The van der Waals surface area contributed by atoms with E-state index in [4.69, 9.17) is 9.84 Å². The van der Waals surface area contributed by atoms with Gasteiger partial charge in [0.15, 0.2) is 0 Å². The molecule has 0 fully saturated rings. The zero-order valence-corrected chi connectivity index (χ0v) is 13.8. The Morgan fingerprint density at radius 1 is 1.05 bits per heavy atom. The Balaban J connectivity index is 2.21. The van der Waals surface area contributed by atoms with Crippen molar-refractivity contribution >= 4 is 0 Å². The fraction of sp³-hybridized carbons (Fsp3) is 0.667. The summed E-state index contributed by atoms with van der Waals surface area (Å²) >= 11 is 0. The Morgan fingerprint density at radius 2 is 1.77 bits per heavy atom. The van der Waals surface area contributed by atoms with Crippen LogP contribution in [0, 0.1) is 0 Å². The summed E-state index contributed by atoms with van der Waals surface area (Å²) in [5.74, 6) is 0. The molecule has 4 nitrogen and oxygen atoms in total. The summed E-state index contributed by atoms with van der Waals surface area (Å²) in [5.41, 5.74) is 1.39. The molecule has 0 radical (unpaired) electrons. The monoisotopic (exact) mass is 309 g/mol.